The van der Waals surface area contributed by atoms with Gasteiger partial charge in [-0.05, 0) is 52.6 Å². The molecule has 10 aromatic rings. The molecule has 0 saturated heterocycles. The van der Waals surface area contributed by atoms with Crippen molar-refractivity contribution in [3.63, 3.8) is 0 Å². The lowest BCUT2D eigenvalue weighted by Gasteiger charge is -2.13. The number of para-hydroxylation sites is 1. The minimum absolute atomic E-state index is 0.684. The molecule has 0 N–H and O–H groups in total. The van der Waals surface area contributed by atoms with Gasteiger partial charge in [-0.3, -0.25) is 0 Å². The average Bonchev–Trinajstić information content (AvgIpc) is 3.62. The highest BCUT2D eigenvalue weighted by Crippen LogP contribution is 2.40. The standard InChI is InChI=1S/C48H30N4S/c1-4-14-31(15-5-1)36-28-37(32-16-6-2-7-17-32)30-38(29-36)48-49-41-22-12-10-20-39(41)43(50-48)34-24-26-35(27-25-34)47-51-44(33-18-8-3-9-19-33)46-45(52-47)40-21-11-13-23-42(40)53-46/h1-30H. The minimum atomic E-state index is 0.684. The number of fused-ring (bicyclic) bond motifs is 4. The molecule has 3 heterocycles. The number of rotatable bonds is 6. The van der Waals surface area contributed by atoms with Crippen molar-refractivity contribution in [3.8, 4) is 67.5 Å². The second-order valence-corrected chi connectivity index (χ2v) is 14.1. The van der Waals surface area contributed by atoms with Crippen LogP contribution in [0.1, 0.15) is 0 Å². The van der Waals surface area contributed by atoms with Crippen LogP contribution in [-0.2, 0) is 0 Å². The zero-order chi connectivity index (χ0) is 35.1. The van der Waals surface area contributed by atoms with E-state index in [0.717, 1.165) is 82.4 Å². The van der Waals surface area contributed by atoms with Crippen molar-refractivity contribution in [1.82, 2.24) is 19.9 Å². The summed E-state index contributed by atoms with van der Waals surface area (Å²) in [6, 6.07) is 63.2. The molecule has 0 unspecified atom stereocenters. The third-order valence-electron chi connectivity index (χ3n) is 9.69. The Kier molecular flexibility index (Phi) is 7.63. The van der Waals surface area contributed by atoms with Crippen molar-refractivity contribution in [1.29, 1.82) is 0 Å². The highest BCUT2D eigenvalue weighted by Gasteiger charge is 2.18. The molecular weight excluding hydrogens is 665 g/mol. The summed E-state index contributed by atoms with van der Waals surface area (Å²) in [4.78, 5) is 20.8. The molecule has 0 saturated carbocycles. The molecule has 248 valence electrons. The third kappa shape index (κ3) is 5.74. The Morgan fingerprint density at radius 2 is 0.811 bits per heavy atom. The highest BCUT2D eigenvalue weighted by atomic mass is 32.1. The number of thiophene rings is 1. The van der Waals surface area contributed by atoms with Gasteiger partial charge in [-0.1, -0.05) is 152 Å². The molecule has 5 heteroatoms. The van der Waals surface area contributed by atoms with Gasteiger partial charge in [0.1, 0.15) is 0 Å². The van der Waals surface area contributed by atoms with Gasteiger partial charge >= 0.3 is 0 Å². The van der Waals surface area contributed by atoms with Crippen molar-refractivity contribution >= 4 is 42.5 Å². The molecular formula is C48H30N4S. The summed E-state index contributed by atoms with van der Waals surface area (Å²) in [5, 5.41) is 2.15. The summed E-state index contributed by atoms with van der Waals surface area (Å²) in [6.07, 6.45) is 0. The summed E-state index contributed by atoms with van der Waals surface area (Å²) in [5.41, 5.74) is 12.2. The van der Waals surface area contributed by atoms with Crippen molar-refractivity contribution in [2.24, 2.45) is 0 Å². The van der Waals surface area contributed by atoms with Crippen LogP contribution < -0.4 is 0 Å². The van der Waals surface area contributed by atoms with Gasteiger partial charge in [0.2, 0.25) is 0 Å². The minimum Gasteiger partial charge on any atom is -0.228 e. The van der Waals surface area contributed by atoms with Crippen LogP contribution in [0.3, 0.4) is 0 Å². The Hall–Kier alpha value is -6.82. The topological polar surface area (TPSA) is 51.6 Å². The molecule has 0 bridgehead atoms. The van der Waals surface area contributed by atoms with Crippen LogP contribution in [0.15, 0.2) is 182 Å². The van der Waals surface area contributed by atoms with Crippen molar-refractivity contribution in [2.45, 2.75) is 0 Å². The Morgan fingerprint density at radius 3 is 1.49 bits per heavy atom. The molecule has 0 atom stereocenters. The second-order valence-electron chi connectivity index (χ2n) is 13.1. The molecule has 0 fully saturated rings. The van der Waals surface area contributed by atoms with Gasteiger partial charge in [0, 0.05) is 37.7 Å². The van der Waals surface area contributed by atoms with E-state index in [4.69, 9.17) is 19.9 Å². The Balaban J connectivity index is 1.11. The maximum absolute atomic E-state index is 5.29. The molecule has 0 radical (unpaired) electrons. The van der Waals surface area contributed by atoms with Gasteiger partial charge in [0.15, 0.2) is 11.6 Å². The molecule has 0 spiro atoms. The molecule has 53 heavy (non-hydrogen) atoms. The summed E-state index contributed by atoms with van der Waals surface area (Å²) in [6.45, 7) is 0. The van der Waals surface area contributed by atoms with Crippen LogP contribution in [0, 0.1) is 0 Å². The van der Waals surface area contributed by atoms with E-state index in [2.05, 4.69) is 152 Å². The molecule has 3 aromatic heterocycles. The first-order chi connectivity index (χ1) is 26.2. The Labute approximate surface area is 310 Å². The van der Waals surface area contributed by atoms with Crippen LogP contribution in [0.25, 0.3) is 98.7 Å². The smallest absolute Gasteiger partial charge is 0.160 e. The average molecular weight is 695 g/mol. The Morgan fingerprint density at radius 1 is 0.321 bits per heavy atom. The van der Waals surface area contributed by atoms with E-state index < -0.39 is 0 Å². The quantitative estimate of drug-likeness (QED) is 0.174. The molecule has 0 aliphatic rings. The fourth-order valence-corrected chi connectivity index (χ4v) is 8.22. The van der Waals surface area contributed by atoms with Crippen LogP contribution in [0.2, 0.25) is 0 Å². The van der Waals surface area contributed by atoms with E-state index in [0.29, 0.717) is 11.6 Å². The highest BCUT2D eigenvalue weighted by molar-refractivity contribution is 7.26. The fraction of sp³-hybridized carbons (Fsp3) is 0. The first-order valence-corrected chi connectivity index (χ1v) is 18.5. The summed E-state index contributed by atoms with van der Waals surface area (Å²) in [7, 11) is 0. The van der Waals surface area contributed by atoms with E-state index >= 15 is 0 Å². The first kappa shape index (κ1) is 31.0. The normalized spacial score (nSPS) is 11.4. The predicted octanol–water partition coefficient (Wildman–Crippen LogP) is 12.8. The third-order valence-corrected chi connectivity index (χ3v) is 10.9. The van der Waals surface area contributed by atoms with Crippen molar-refractivity contribution in [3.05, 3.63) is 182 Å². The second kappa shape index (κ2) is 13.1. The van der Waals surface area contributed by atoms with Gasteiger partial charge in [0.25, 0.3) is 0 Å². The van der Waals surface area contributed by atoms with E-state index in [1.54, 1.807) is 11.3 Å². The van der Waals surface area contributed by atoms with E-state index in [1.807, 2.05) is 30.3 Å². The maximum Gasteiger partial charge on any atom is 0.160 e. The van der Waals surface area contributed by atoms with Crippen LogP contribution in [0.5, 0.6) is 0 Å². The van der Waals surface area contributed by atoms with E-state index in [-0.39, 0.29) is 0 Å². The summed E-state index contributed by atoms with van der Waals surface area (Å²) >= 11 is 1.75. The van der Waals surface area contributed by atoms with Gasteiger partial charge in [-0.25, -0.2) is 19.9 Å². The number of benzene rings is 7. The molecule has 4 nitrogen and oxygen atoms in total. The maximum atomic E-state index is 5.29. The van der Waals surface area contributed by atoms with Crippen LogP contribution in [-0.4, -0.2) is 19.9 Å². The molecule has 10 rings (SSSR count). The monoisotopic (exact) mass is 694 g/mol. The lowest BCUT2D eigenvalue weighted by Crippen LogP contribution is -1.97. The van der Waals surface area contributed by atoms with Crippen molar-refractivity contribution in [2.75, 3.05) is 0 Å². The van der Waals surface area contributed by atoms with Crippen LogP contribution >= 0.6 is 11.3 Å². The number of aromatic nitrogens is 4. The largest absolute Gasteiger partial charge is 0.228 e. The zero-order valence-electron chi connectivity index (χ0n) is 28.5. The predicted molar refractivity (Wildman–Crippen MR) is 221 cm³/mol. The molecule has 0 aliphatic heterocycles. The lowest BCUT2D eigenvalue weighted by atomic mass is 9.95. The first-order valence-electron chi connectivity index (χ1n) is 17.6. The summed E-state index contributed by atoms with van der Waals surface area (Å²) in [5.74, 6) is 1.38. The zero-order valence-corrected chi connectivity index (χ0v) is 29.3. The molecule has 7 aromatic carbocycles. The van der Waals surface area contributed by atoms with E-state index in [9.17, 15) is 0 Å². The van der Waals surface area contributed by atoms with Gasteiger partial charge in [-0.2, -0.15) is 0 Å². The fourth-order valence-electron chi connectivity index (χ4n) is 7.07. The molecule has 0 aliphatic carbocycles. The SMILES string of the molecule is c1ccc(-c2cc(-c3ccccc3)cc(-c3nc(-c4ccc(-c5nc(-c6ccccc6)c6sc7ccccc7c6n5)cc4)c4ccccc4n3)c2)cc1. The Bertz CT molecular complexity index is 2860. The number of hydrogen-bond donors (Lipinski definition) is 0. The lowest BCUT2D eigenvalue weighted by molar-refractivity contribution is 1.22. The summed E-state index contributed by atoms with van der Waals surface area (Å²) < 4.78 is 2.31. The van der Waals surface area contributed by atoms with E-state index in [1.165, 1.54) is 4.70 Å². The van der Waals surface area contributed by atoms with Gasteiger partial charge in [0.05, 0.1) is 27.1 Å². The van der Waals surface area contributed by atoms with Gasteiger partial charge in [-0.15, -0.1) is 11.3 Å². The molecule has 0 amide bonds. The van der Waals surface area contributed by atoms with Crippen molar-refractivity contribution < 1.29 is 0 Å². The van der Waals surface area contributed by atoms with Gasteiger partial charge < -0.3 is 0 Å². The van der Waals surface area contributed by atoms with Crippen LogP contribution in [0.4, 0.5) is 0 Å². The number of nitrogens with zero attached hydrogens (tertiary/aromatic N) is 4. The number of hydrogen-bond acceptors (Lipinski definition) is 5.